The highest BCUT2D eigenvalue weighted by atomic mass is 16.6. The number of amides is 3. The van der Waals surface area contributed by atoms with Crippen molar-refractivity contribution in [2.45, 2.75) is 523 Å². The first-order chi connectivity index (χ1) is 72.2. The summed E-state index contributed by atoms with van der Waals surface area (Å²) in [5.74, 6) is -1.78. The predicted octanol–water partition coefficient (Wildman–Crippen LogP) is 31.8. The van der Waals surface area contributed by atoms with Gasteiger partial charge in [-0.3, -0.25) is 43.2 Å². The summed E-state index contributed by atoms with van der Waals surface area (Å²) in [5, 5.41) is 9.58. The maximum absolute atomic E-state index is 14.6. The molecular weight excluding hydrogens is 1840 g/mol. The van der Waals surface area contributed by atoms with E-state index in [-0.39, 0.29) is 70.2 Å². The Morgan fingerprint density at radius 3 is 0.490 bits per heavy atom. The molecule has 3 amide bonds. The molecule has 0 spiro atoms. The van der Waals surface area contributed by atoms with Crippen LogP contribution >= 0.6 is 0 Å². The lowest BCUT2D eigenvalue weighted by atomic mass is 10.0. The third kappa shape index (κ3) is 96.8. The number of carbonyl (C=O) groups is 9. The zero-order chi connectivity index (χ0) is 106. The Kier molecular flexibility index (Phi) is 103. The summed E-state index contributed by atoms with van der Waals surface area (Å²) in [4.78, 5) is 126. The third-order valence-electron chi connectivity index (χ3n) is 27.6. The molecule has 21 nitrogen and oxygen atoms in total. The van der Waals surface area contributed by atoms with Gasteiger partial charge in [-0.15, -0.1) is 0 Å². The summed E-state index contributed by atoms with van der Waals surface area (Å²) >= 11 is 0. The van der Waals surface area contributed by atoms with Crippen molar-refractivity contribution in [1.29, 1.82) is 0 Å². The van der Waals surface area contributed by atoms with Crippen LogP contribution in [0.4, 0.5) is 0 Å². The molecule has 0 unspecified atom stereocenters. The van der Waals surface area contributed by atoms with Gasteiger partial charge in [0.2, 0.25) is 0 Å². The molecule has 846 valence electrons. The fraction of sp³-hybridized carbons (Fsp3) is 0.786. The lowest BCUT2D eigenvalue weighted by molar-refractivity contribution is -0.143. The zero-order valence-corrected chi connectivity index (χ0v) is 95.4. The molecule has 0 atom stereocenters. The Bertz CT molecular complexity index is 2920. The monoisotopic (exact) mass is 2060 g/mol. The lowest BCUT2D eigenvalue weighted by Gasteiger charge is -2.23. The number of rotatable bonds is 111. The van der Waals surface area contributed by atoms with Crippen LogP contribution in [0.2, 0.25) is 0 Å². The predicted molar refractivity (Wildman–Crippen MR) is 614 cm³/mol. The minimum absolute atomic E-state index is 0.126. The van der Waals surface area contributed by atoms with Gasteiger partial charge in [0.25, 0.3) is 17.7 Å². The molecule has 0 aliphatic rings. The van der Waals surface area contributed by atoms with Crippen molar-refractivity contribution in [3.05, 3.63) is 108 Å². The smallest absolute Gasteiger partial charge is 0.306 e. The number of esters is 6. The molecule has 1 aromatic rings. The molecule has 0 heterocycles. The second-order valence-electron chi connectivity index (χ2n) is 41.4. The Balaban J connectivity index is 3.46. The van der Waals surface area contributed by atoms with Gasteiger partial charge < -0.3 is 59.1 Å². The molecule has 0 saturated heterocycles. The molecule has 1 rings (SSSR count). The van der Waals surface area contributed by atoms with Crippen LogP contribution in [0, 0.1) is 0 Å². The van der Waals surface area contributed by atoms with Gasteiger partial charge in [0.05, 0.1) is 0 Å². The molecule has 0 aliphatic carbocycles. The topological polar surface area (TPSA) is 255 Å². The quantitative estimate of drug-likeness (QED) is 0.0237. The second kappa shape index (κ2) is 110. The van der Waals surface area contributed by atoms with Crippen LogP contribution < -0.4 is 16.0 Å². The Morgan fingerprint density at radius 2 is 0.327 bits per heavy atom. The van der Waals surface area contributed by atoms with Crippen molar-refractivity contribution in [3.8, 4) is 0 Å². The van der Waals surface area contributed by atoms with Crippen molar-refractivity contribution in [2.75, 3.05) is 118 Å². The molecule has 0 aliphatic heterocycles. The number of nitrogens with zero attached hydrogens (tertiary/aromatic N) is 3. The van der Waals surface area contributed by atoms with Gasteiger partial charge in [0.1, 0.15) is 39.6 Å². The van der Waals surface area contributed by atoms with Gasteiger partial charge in [-0.1, -0.05) is 384 Å². The van der Waals surface area contributed by atoms with E-state index >= 15 is 0 Å². The summed E-state index contributed by atoms with van der Waals surface area (Å²) in [5.41, 5.74) is 0.761. The minimum Gasteiger partial charge on any atom is -0.461 e. The van der Waals surface area contributed by atoms with E-state index in [2.05, 4.69) is 109 Å². The van der Waals surface area contributed by atoms with Crippen molar-refractivity contribution in [1.82, 2.24) is 30.7 Å². The minimum atomic E-state index is -0.342. The first kappa shape index (κ1) is 138. The summed E-state index contributed by atoms with van der Waals surface area (Å²) in [6.45, 7) is 24.7. The molecule has 21 heteroatoms. The highest BCUT2D eigenvalue weighted by Gasteiger charge is 2.20. The fourth-order valence-corrected chi connectivity index (χ4v) is 18.2. The number of ether oxygens (including phenoxy) is 6. The average Bonchev–Trinajstić information content (AvgIpc) is 0.824. The second-order valence-corrected chi connectivity index (χ2v) is 41.4. The third-order valence-corrected chi connectivity index (χ3v) is 27.6. The highest BCUT2D eigenvalue weighted by molar-refractivity contribution is 6.04. The van der Waals surface area contributed by atoms with Crippen molar-refractivity contribution < 1.29 is 71.6 Å². The zero-order valence-electron chi connectivity index (χ0n) is 95.4. The number of unbranched alkanes of at least 4 members (excludes halogenated alkanes) is 54. The molecule has 1 aromatic carbocycles. The Morgan fingerprint density at radius 1 is 0.184 bits per heavy atom. The van der Waals surface area contributed by atoms with Crippen LogP contribution in [0.25, 0.3) is 0 Å². The number of hydrogen-bond donors (Lipinski definition) is 3. The van der Waals surface area contributed by atoms with Crippen molar-refractivity contribution in [3.63, 3.8) is 0 Å². The first-order valence-corrected chi connectivity index (χ1v) is 61.2. The average molecular weight is 2060 g/mol. The SMILES string of the molecule is CCCCCC/C=C\COC(=O)CCCCCCCCN(CCCCCCCCC(=O)OC/C=C\CCCCCC)CCCNC(=O)c1cc(C(=O)NCCCN(CCCCCCCCC(=O)OC/C=C\CCCCCC)CCCCCCCCC(=O)OC/C=C\CCCCCC)cc(C(=O)NCCCN(CCCCCCCCC(=O)OC/C=C\CCCCCC)CCCCCCCCC(=O)OC/C=C\CCCCCC)c1. The number of hydrogen-bond acceptors (Lipinski definition) is 18. The molecule has 0 bridgehead atoms. The fourth-order valence-electron chi connectivity index (χ4n) is 18.2. The number of allylic oxidation sites excluding steroid dienone is 6. The van der Waals surface area contributed by atoms with E-state index in [1.807, 2.05) is 36.5 Å². The van der Waals surface area contributed by atoms with Crippen LogP contribution in [0.5, 0.6) is 0 Å². The summed E-state index contributed by atoms with van der Waals surface area (Å²) in [6, 6.07) is 4.89. The molecule has 0 saturated carbocycles. The van der Waals surface area contributed by atoms with E-state index in [1.165, 1.54) is 154 Å². The molecule has 0 radical (unpaired) electrons. The summed E-state index contributed by atoms with van der Waals surface area (Å²) < 4.78 is 32.9. The Labute approximate surface area is 899 Å². The van der Waals surface area contributed by atoms with Crippen molar-refractivity contribution >= 4 is 53.5 Å². The molecular formula is C126H222N6O15. The van der Waals surface area contributed by atoms with Gasteiger partial charge in [0, 0.05) is 74.8 Å². The lowest BCUT2D eigenvalue weighted by Crippen LogP contribution is -2.33. The molecule has 0 fully saturated rings. The maximum Gasteiger partial charge on any atom is 0.306 e. The molecule has 147 heavy (non-hydrogen) atoms. The van der Waals surface area contributed by atoms with Crippen LogP contribution in [-0.4, -0.2) is 186 Å². The maximum atomic E-state index is 14.6. The highest BCUT2D eigenvalue weighted by Crippen LogP contribution is 2.21. The van der Waals surface area contributed by atoms with Gasteiger partial charge in [-0.25, -0.2) is 0 Å². The van der Waals surface area contributed by atoms with E-state index in [0.29, 0.717) is 117 Å². The van der Waals surface area contributed by atoms with Gasteiger partial charge >= 0.3 is 35.8 Å². The normalized spacial score (nSPS) is 11.8. The van der Waals surface area contributed by atoms with E-state index < -0.39 is 0 Å². The molecule has 0 aromatic heterocycles. The molecule has 3 N–H and O–H groups in total. The van der Waals surface area contributed by atoms with E-state index in [4.69, 9.17) is 28.4 Å². The van der Waals surface area contributed by atoms with Crippen molar-refractivity contribution in [2.24, 2.45) is 0 Å². The first-order valence-electron chi connectivity index (χ1n) is 61.2. The number of benzene rings is 1. The summed E-state index contributed by atoms with van der Waals surface area (Å²) in [7, 11) is 0. The Hall–Kier alpha value is -7.23. The number of carbonyl (C=O) groups excluding carboxylic acids is 9. The van der Waals surface area contributed by atoms with Crippen LogP contribution in [0.15, 0.2) is 91.1 Å². The van der Waals surface area contributed by atoms with Gasteiger partial charge in [-0.05, 0) is 250 Å². The van der Waals surface area contributed by atoms with E-state index in [0.717, 1.165) is 329 Å². The van der Waals surface area contributed by atoms with Crippen LogP contribution in [0.3, 0.4) is 0 Å². The van der Waals surface area contributed by atoms with E-state index in [9.17, 15) is 43.2 Å². The largest absolute Gasteiger partial charge is 0.461 e. The standard InChI is InChI=1S/C126H222N6O15/c1-7-13-19-25-43-61-79-106-142-118(133)88-67-49-31-37-55-73-97-130(98-74-56-38-32-50-68-89-119(134)143-107-80-62-44-26-20-14-8-2)103-85-94-127-124(139)115-112-116(125(140)128-95-86-104-131(99-75-57-39-33-51-69-90-120(135)144-108-81-63-45-27-21-15-9-3)100-76-58-40-34-52-70-91-121(136)145-109-82-64-46-28-22-16-10-4)114-117(113-115)126(141)129-96-87-105-132(101-77-59-41-35-53-71-92-122(137)146-110-83-65-47-29-23-17-11-5)102-78-60-42-36-54-72-93-123(138)147-111-84-66-48-30-24-18-12-6/h61-66,79-84,112-114H,7-60,67-78,85-111H2,1-6H3,(H,127,139)(H,128,140)(H,129,141)/b79-61-,80-62-,81-63-,82-64-,83-65-,84-66-. The van der Waals surface area contributed by atoms with Gasteiger partial charge in [0.15, 0.2) is 0 Å². The van der Waals surface area contributed by atoms with Crippen LogP contribution in [0.1, 0.15) is 554 Å². The van der Waals surface area contributed by atoms with Crippen LogP contribution in [-0.2, 0) is 57.2 Å². The summed E-state index contributed by atoms with van der Waals surface area (Å²) in [6.07, 6.45) is 102. The number of nitrogens with one attached hydrogen (secondary N) is 3. The van der Waals surface area contributed by atoms with E-state index in [1.54, 1.807) is 18.2 Å². The van der Waals surface area contributed by atoms with Gasteiger partial charge in [-0.2, -0.15) is 0 Å².